The van der Waals surface area contributed by atoms with E-state index in [1.165, 1.54) is 25.1 Å². The second kappa shape index (κ2) is 6.68. The normalized spacial score (nSPS) is 16.6. The van der Waals surface area contributed by atoms with Crippen LogP contribution in [0.4, 0.5) is 10.2 Å². The topological polar surface area (TPSA) is 45.2 Å². The monoisotopic (exact) mass is 279 g/mol. The van der Waals surface area contributed by atoms with Gasteiger partial charge in [0.05, 0.1) is 5.56 Å². The van der Waals surface area contributed by atoms with Gasteiger partial charge in [-0.15, -0.1) is 0 Å². The molecule has 1 N–H and O–H groups in total. The van der Waals surface area contributed by atoms with Gasteiger partial charge in [0, 0.05) is 26.3 Å². The Morgan fingerprint density at radius 1 is 1.35 bits per heavy atom. The van der Waals surface area contributed by atoms with E-state index in [-0.39, 0.29) is 23.3 Å². The lowest BCUT2D eigenvalue weighted by Crippen LogP contribution is -2.37. The van der Waals surface area contributed by atoms with Crippen LogP contribution in [0, 0.1) is 5.82 Å². The number of rotatable bonds is 3. The number of nitrogens with zero attached hydrogens (tertiary/aromatic N) is 2. The molecule has 4 nitrogen and oxygen atoms in total. The molecule has 0 bridgehead atoms. The van der Waals surface area contributed by atoms with Crippen molar-refractivity contribution in [2.45, 2.75) is 44.6 Å². The Labute approximate surface area is 119 Å². The molecule has 1 amide bonds. The molecule has 0 atom stereocenters. The molecule has 0 radical (unpaired) electrons. The molecule has 0 spiro atoms. The molecule has 5 heteroatoms. The van der Waals surface area contributed by atoms with Crippen LogP contribution < -0.4 is 5.32 Å². The fourth-order valence-electron chi connectivity index (χ4n) is 2.78. The van der Waals surface area contributed by atoms with Crippen molar-refractivity contribution in [3.05, 3.63) is 23.6 Å². The predicted octanol–water partition coefficient (Wildman–Crippen LogP) is 3.06. The summed E-state index contributed by atoms with van der Waals surface area (Å²) in [6.07, 6.45) is 8.22. The van der Waals surface area contributed by atoms with Crippen LogP contribution in [-0.2, 0) is 0 Å². The summed E-state index contributed by atoms with van der Waals surface area (Å²) in [5.41, 5.74) is 0.0936. The number of pyridine rings is 1. The molecule has 1 aliphatic rings. The van der Waals surface area contributed by atoms with E-state index >= 15 is 0 Å². The first-order chi connectivity index (χ1) is 9.65. The number of hydrogen-bond acceptors (Lipinski definition) is 3. The Morgan fingerprint density at radius 2 is 2.00 bits per heavy atom. The molecule has 1 fully saturated rings. The highest BCUT2D eigenvalue weighted by Crippen LogP contribution is 2.23. The molecule has 0 aliphatic heterocycles. The molecule has 0 aromatic carbocycles. The van der Waals surface area contributed by atoms with Gasteiger partial charge in [-0.1, -0.05) is 25.7 Å². The summed E-state index contributed by atoms with van der Waals surface area (Å²) in [4.78, 5) is 18.0. The summed E-state index contributed by atoms with van der Waals surface area (Å²) in [5.74, 6) is -0.709. The number of anilines is 1. The molecular formula is C15H22FN3O. The molecule has 2 rings (SSSR count). The smallest absolute Gasteiger partial charge is 0.257 e. The zero-order chi connectivity index (χ0) is 14.5. The van der Waals surface area contributed by atoms with Crippen LogP contribution >= 0.6 is 0 Å². The molecule has 1 heterocycles. The van der Waals surface area contributed by atoms with Crippen molar-refractivity contribution in [3.63, 3.8) is 0 Å². The number of carbonyl (C=O) groups is 1. The minimum atomic E-state index is -0.569. The van der Waals surface area contributed by atoms with Gasteiger partial charge in [0.2, 0.25) is 0 Å². The maximum absolute atomic E-state index is 14.2. The van der Waals surface area contributed by atoms with Crippen LogP contribution in [0.25, 0.3) is 0 Å². The molecular weight excluding hydrogens is 257 g/mol. The predicted molar refractivity (Wildman–Crippen MR) is 77.3 cm³/mol. The summed E-state index contributed by atoms with van der Waals surface area (Å²) in [7, 11) is 3.37. The number of carbonyl (C=O) groups excluding carboxylic acids is 1. The first kappa shape index (κ1) is 14.8. The van der Waals surface area contributed by atoms with Crippen molar-refractivity contribution in [3.8, 4) is 0 Å². The van der Waals surface area contributed by atoms with E-state index in [4.69, 9.17) is 0 Å². The fraction of sp³-hybridized carbons (Fsp3) is 0.600. The van der Waals surface area contributed by atoms with Crippen LogP contribution in [0.15, 0.2) is 12.3 Å². The largest absolute Gasteiger partial charge is 0.371 e. The Bertz CT molecular complexity index is 470. The number of nitrogens with one attached hydrogen (secondary N) is 1. The molecule has 0 unspecified atom stereocenters. The highest BCUT2D eigenvalue weighted by atomic mass is 19.1. The first-order valence-corrected chi connectivity index (χ1v) is 7.24. The van der Waals surface area contributed by atoms with Crippen LogP contribution in [0.5, 0.6) is 0 Å². The highest BCUT2D eigenvalue weighted by Gasteiger charge is 2.25. The van der Waals surface area contributed by atoms with E-state index in [1.807, 2.05) is 0 Å². The quantitative estimate of drug-likeness (QED) is 0.865. The number of halogens is 1. The maximum Gasteiger partial charge on any atom is 0.257 e. The molecule has 1 aromatic rings. The summed E-state index contributed by atoms with van der Waals surface area (Å²) in [5, 5.41) is 2.66. The zero-order valence-corrected chi connectivity index (χ0v) is 12.2. The molecule has 20 heavy (non-hydrogen) atoms. The van der Waals surface area contributed by atoms with E-state index in [2.05, 4.69) is 10.3 Å². The molecule has 1 saturated carbocycles. The van der Waals surface area contributed by atoms with E-state index in [1.54, 1.807) is 19.0 Å². The molecule has 0 saturated heterocycles. The van der Waals surface area contributed by atoms with E-state index in [9.17, 15) is 9.18 Å². The Balaban J connectivity index is 2.17. The third kappa shape index (κ3) is 3.08. The van der Waals surface area contributed by atoms with Gasteiger partial charge in [-0.05, 0) is 18.9 Å². The van der Waals surface area contributed by atoms with Crippen molar-refractivity contribution in [1.29, 1.82) is 0 Å². The molecule has 1 aliphatic carbocycles. The molecule has 110 valence electrons. The van der Waals surface area contributed by atoms with Gasteiger partial charge in [-0.3, -0.25) is 4.79 Å². The Kier molecular flexibility index (Phi) is 4.93. The Hall–Kier alpha value is -1.65. The van der Waals surface area contributed by atoms with Gasteiger partial charge in [-0.25, -0.2) is 9.37 Å². The van der Waals surface area contributed by atoms with Crippen molar-refractivity contribution in [2.75, 3.05) is 19.4 Å². The van der Waals surface area contributed by atoms with Crippen molar-refractivity contribution < 1.29 is 9.18 Å². The summed E-state index contributed by atoms with van der Waals surface area (Å²) in [6, 6.07) is 1.67. The highest BCUT2D eigenvalue weighted by molar-refractivity contribution is 5.95. The minimum Gasteiger partial charge on any atom is -0.371 e. The van der Waals surface area contributed by atoms with Crippen LogP contribution in [0.3, 0.4) is 0 Å². The average molecular weight is 279 g/mol. The van der Waals surface area contributed by atoms with Crippen molar-refractivity contribution >= 4 is 11.7 Å². The van der Waals surface area contributed by atoms with Crippen LogP contribution in [0.1, 0.15) is 48.9 Å². The number of aromatic nitrogens is 1. The van der Waals surface area contributed by atoms with Gasteiger partial charge in [0.25, 0.3) is 5.91 Å². The van der Waals surface area contributed by atoms with Crippen molar-refractivity contribution in [2.24, 2.45) is 0 Å². The lowest BCUT2D eigenvalue weighted by atomic mass is 10.1. The van der Waals surface area contributed by atoms with Gasteiger partial charge in [0.15, 0.2) is 11.6 Å². The maximum atomic E-state index is 14.2. The summed E-state index contributed by atoms with van der Waals surface area (Å²) < 4.78 is 14.2. The lowest BCUT2D eigenvalue weighted by molar-refractivity contribution is 0.0713. The standard InChI is InChI=1S/C15H22FN3O/c1-17-14-13(16)12(9-10-18-14)15(20)19(2)11-7-5-3-4-6-8-11/h9-11H,3-8H2,1-2H3,(H,17,18). The van der Waals surface area contributed by atoms with Gasteiger partial charge in [0.1, 0.15) is 0 Å². The van der Waals surface area contributed by atoms with Gasteiger partial charge < -0.3 is 10.2 Å². The molecule has 1 aromatic heterocycles. The lowest BCUT2D eigenvalue weighted by Gasteiger charge is -2.27. The van der Waals surface area contributed by atoms with Crippen LogP contribution in [0.2, 0.25) is 0 Å². The van der Waals surface area contributed by atoms with Crippen LogP contribution in [-0.4, -0.2) is 35.9 Å². The van der Waals surface area contributed by atoms with Gasteiger partial charge in [-0.2, -0.15) is 0 Å². The minimum absolute atomic E-state index is 0.0936. The first-order valence-electron chi connectivity index (χ1n) is 7.24. The van der Waals surface area contributed by atoms with E-state index in [0.717, 1.165) is 25.7 Å². The second-order valence-electron chi connectivity index (χ2n) is 5.33. The number of amides is 1. The van der Waals surface area contributed by atoms with Gasteiger partial charge >= 0.3 is 0 Å². The summed E-state index contributed by atoms with van der Waals surface area (Å²) >= 11 is 0. The van der Waals surface area contributed by atoms with E-state index in [0.29, 0.717) is 0 Å². The van der Waals surface area contributed by atoms with Crippen molar-refractivity contribution in [1.82, 2.24) is 9.88 Å². The summed E-state index contributed by atoms with van der Waals surface area (Å²) in [6.45, 7) is 0. The zero-order valence-electron chi connectivity index (χ0n) is 12.2. The second-order valence-corrected chi connectivity index (χ2v) is 5.33. The number of hydrogen-bond donors (Lipinski definition) is 1. The third-order valence-corrected chi connectivity index (χ3v) is 4.05. The fourth-order valence-corrected chi connectivity index (χ4v) is 2.78. The van der Waals surface area contributed by atoms with E-state index < -0.39 is 5.82 Å². The SMILES string of the molecule is CNc1nccc(C(=O)N(C)C2CCCCCC2)c1F. The Morgan fingerprint density at radius 3 is 2.60 bits per heavy atom. The third-order valence-electron chi connectivity index (χ3n) is 4.05. The average Bonchev–Trinajstić information content (AvgIpc) is 2.75.